The first kappa shape index (κ1) is 8.95. The summed E-state index contributed by atoms with van der Waals surface area (Å²) in [5, 5.41) is 8.62. The maximum absolute atomic E-state index is 10.7. The van der Waals surface area contributed by atoms with Crippen molar-refractivity contribution in [3.8, 4) is 0 Å². The first-order chi connectivity index (χ1) is 5.54. The second-order valence-corrected chi connectivity index (χ2v) is 3.79. The number of sulfonamides is 1. The highest BCUT2D eigenvalue weighted by Crippen LogP contribution is 2.03. The summed E-state index contributed by atoms with van der Waals surface area (Å²) in [6.45, 7) is 3.95. The lowest BCUT2D eigenvalue weighted by atomic mass is 10.6. The molecular formula is C6H9N3O2S. The molecule has 1 aromatic rings. The molecule has 1 aromatic heterocycles. The molecule has 0 aliphatic heterocycles. The lowest BCUT2D eigenvalue weighted by molar-refractivity contribution is 0.597. The first-order valence-electron chi connectivity index (χ1n) is 3.20. The van der Waals surface area contributed by atoms with E-state index in [1.807, 2.05) is 0 Å². The van der Waals surface area contributed by atoms with E-state index in [4.69, 9.17) is 5.14 Å². The van der Waals surface area contributed by atoms with Crippen LogP contribution in [0.25, 0.3) is 0 Å². The van der Waals surface area contributed by atoms with Crippen LogP contribution in [0.15, 0.2) is 29.9 Å². The van der Waals surface area contributed by atoms with Gasteiger partial charge in [0.25, 0.3) is 0 Å². The second kappa shape index (κ2) is 3.08. The summed E-state index contributed by atoms with van der Waals surface area (Å²) in [6, 6.07) is 0. The summed E-state index contributed by atoms with van der Waals surface area (Å²) in [5.41, 5.74) is 0. The van der Waals surface area contributed by atoms with E-state index in [9.17, 15) is 8.42 Å². The number of allylic oxidation sites excluding steroid dienone is 1. The molecule has 0 radical (unpaired) electrons. The van der Waals surface area contributed by atoms with Crippen LogP contribution < -0.4 is 5.14 Å². The van der Waals surface area contributed by atoms with Crippen LogP contribution in [-0.4, -0.2) is 18.2 Å². The number of aromatic nitrogens is 2. The van der Waals surface area contributed by atoms with Gasteiger partial charge in [-0.1, -0.05) is 6.08 Å². The molecular weight excluding hydrogens is 178 g/mol. The second-order valence-electron chi connectivity index (χ2n) is 2.23. The smallest absolute Gasteiger partial charge is 0.241 e. The topological polar surface area (TPSA) is 78.0 Å². The lowest BCUT2D eigenvalue weighted by Gasteiger charge is -1.91. The summed E-state index contributed by atoms with van der Waals surface area (Å²) in [6.07, 6.45) is 4.18. The van der Waals surface area contributed by atoms with E-state index in [1.165, 1.54) is 17.1 Å². The number of hydrogen-bond donors (Lipinski definition) is 1. The predicted octanol–water partition coefficient (Wildman–Crippen LogP) is -0.284. The van der Waals surface area contributed by atoms with Crippen molar-refractivity contribution in [1.82, 2.24) is 9.78 Å². The van der Waals surface area contributed by atoms with Gasteiger partial charge in [0.15, 0.2) is 0 Å². The van der Waals surface area contributed by atoms with Gasteiger partial charge in [-0.2, -0.15) is 5.10 Å². The molecule has 0 bridgehead atoms. The van der Waals surface area contributed by atoms with E-state index >= 15 is 0 Å². The van der Waals surface area contributed by atoms with Gasteiger partial charge in [-0.25, -0.2) is 13.6 Å². The van der Waals surface area contributed by atoms with Crippen molar-refractivity contribution < 1.29 is 8.42 Å². The van der Waals surface area contributed by atoms with Crippen molar-refractivity contribution in [3.05, 3.63) is 25.0 Å². The molecule has 1 heterocycles. The monoisotopic (exact) mass is 187 g/mol. The standard InChI is InChI=1S/C6H9N3O2S/c1-2-3-9-5-6(4-8-9)12(7,10)11/h2,4-5H,1,3H2,(H2,7,10,11). The molecule has 0 unspecified atom stereocenters. The molecule has 0 fully saturated rings. The van der Waals surface area contributed by atoms with Crippen molar-refractivity contribution in [2.24, 2.45) is 5.14 Å². The minimum atomic E-state index is -3.62. The van der Waals surface area contributed by atoms with E-state index in [2.05, 4.69) is 11.7 Å². The first-order valence-corrected chi connectivity index (χ1v) is 4.75. The molecule has 0 saturated heterocycles. The molecule has 0 amide bonds. The zero-order chi connectivity index (χ0) is 9.19. The summed E-state index contributed by atoms with van der Waals surface area (Å²) in [7, 11) is -3.62. The van der Waals surface area contributed by atoms with E-state index in [1.54, 1.807) is 6.08 Å². The van der Waals surface area contributed by atoms with Crippen LogP contribution in [0.4, 0.5) is 0 Å². The van der Waals surface area contributed by atoms with Crippen LogP contribution in [-0.2, 0) is 16.6 Å². The molecule has 0 spiro atoms. The third kappa shape index (κ3) is 1.93. The highest BCUT2D eigenvalue weighted by atomic mass is 32.2. The SMILES string of the molecule is C=CCn1cc(S(N)(=O)=O)cn1. The van der Waals surface area contributed by atoms with Gasteiger partial charge in [0.05, 0.1) is 12.7 Å². The molecule has 0 aromatic carbocycles. The number of rotatable bonds is 3. The quantitative estimate of drug-likeness (QED) is 0.661. The van der Waals surface area contributed by atoms with E-state index in [0.717, 1.165) is 0 Å². The van der Waals surface area contributed by atoms with Crippen molar-refractivity contribution in [3.63, 3.8) is 0 Å². The summed E-state index contributed by atoms with van der Waals surface area (Å²) in [5.74, 6) is 0. The Hall–Kier alpha value is -1.14. The number of primary sulfonamides is 1. The molecule has 5 nitrogen and oxygen atoms in total. The van der Waals surface area contributed by atoms with Crippen LogP contribution in [0.2, 0.25) is 0 Å². The third-order valence-electron chi connectivity index (χ3n) is 1.25. The Bertz CT molecular complexity index is 379. The fourth-order valence-corrected chi connectivity index (χ4v) is 1.19. The summed E-state index contributed by atoms with van der Waals surface area (Å²) in [4.78, 5) is 0.0179. The summed E-state index contributed by atoms with van der Waals surface area (Å²) >= 11 is 0. The van der Waals surface area contributed by atoms with Gasteiger partial charge in [0, 0.05) is 6.20 Å². The van der Waals surface area contributed by atoms with Crippen LogP contribution in [0, 0.1) is 0 Å². The van der Waals surface area contributed by atoms with E-state index in [-0.39, 0.29) is 4.90 Å². The van der Waals surface area contributed by atoms with Gasteiger partial charge in [-0.15, -0.1) is 6.58 Å². The molecule has 0 aliphatic carbocycles. The van der Waals surface area contributed by atoms with Crippen molar-refractivity contribution >= 4 is 10.0 Å². The molecule has 0 aliphatic rings. The fraction of sp³-hybridized carbons (Fsp3) is 0.167. The molecule has 1 rings (SSSR count). The van der Waals surface area contributed by atoms with Gasteiger partial charge in [0.1, 0.15) is 4.90 Å². The van der Waals surface area contributed by atoms with E-state index in [0.29, 0.717) is 6.54 Å². The maximum atomic E-state index is 10.7. The van der Waals surface area contributed by atoms with Crippen LogP contribution in [0.1, 0.15) is 0 Å². The zero-order valence-electron chi connectivity index (χ0n) is 6.34. The highest BCUT2D eigenvalue weighted by molar-refractivity contribution is 7.89. The average Bonchev–Trinajstić information content (AvgIpc) is 2.35. The van der Waals surface area contributed by atoms with Crippen LogP contribution in [0.5, 0.6) is 0 Å². The number of nitrogens with zero attached hydrogens (tertiary/aromatic N) is 2. The minimum Gasteiger partial charge on any atom is -0.268 e. The molecule has 6 heteroatoms. The molecule has 2 N–H and O–H groups in total. The lowest BCUT2D eigenvalue weighted by Crippen LogP contribution is -2.11. The zero-order valence-corrected chi connectivity index (χ0v) is 7.16. The Kier molecular flexibility index (Phi) is 2.30. The molecule has 0 saturated carbocycles. The van der Waals surface area contributed by atoms with Gasteiger partial charge in [-0.05, 0) is 0 Å². The largest absolute Gasteiger partial charge is 0.268 e. The Morgan fingerprint density at radius 2 is 2.42 bits per heavy atom. The average molecular weight is 187 g/mol. The fourth-order valence-electron chi connectivity index (χ4n) is 0.724. The predicted molar refractivity (Wildman–Crippen MR) is 43.8 cm³/mol. The minimum absolute atomic E-state index is 0.0179. The van der Waals surface area contributed by atoms with Crippen molar-refractivity contribution in [2.45, 2.75) is 11.4 Å². The third-order valence-corrected chi connectivity index (χ3v) is 2.12. The molecule has 0 atom stereocenters. The van der Waals surface area contributed by atoms with Crippen molar-refractivity contribution in [2.75, 3.05) is 0 Å². The number of nitrogens with two attached hydrogens (primary N) is 1. The van der Waals surface area contributed by atoms with Gasteiger partial charge >= 0.3 is 0 Å². The Balaban J connectivity index is 2.99. The van der Waals surface area contributed by atoms with Crippen molar-refractivity contribution in [1.29, 1.82) is 0 Å². The van der Waals surface area contributed by atoms with Crippen LogP contribution in [0.3, 0.4) is 0 Å². The summed E-state index contributed by atoms with van der Waals surface area (Å²) < 4.78 is 22.9. The van der Waals surface area contributed by atoms with Gasteiger partial charge in [0.2, 0.25) is 10.0 Å². The Labute approximate surface area is 70.5 Å². The molecule has 12 heavy (non-hydrogen) atoms. The normalized spacial score (nSPS) is 11.4. The highest BCUT2D eigenvalue weighted by Gasteiger charge is 2.09. The molecule has 66 valence electrons. The van der Waals surface area contributed by atoms with Gasteiger partial charge in [-0.3, -0.25) is 4.68 Å². The van der Waals surface area contributed by atoms with Crippen LogP contribution >= 0.6 is 0 Å². The Morgan fingerprint density at radius 1 is 1.75 bits per heavy atom. The maximum Gasteiger partial charge on any atom is 0.241 e. The van der Waals surface area contributed by atoms with E-state index < -0.39 is 10.0 Å². The number of hydrogen-bond acceptors (Lipinski definition) is 3. The van der Waals surface area contributed by atoms with Gasteiger partial charge < -0.3 is 0 Å². The Morgan fingerprint density at radius 3 is 2.83 bits per heavy atom.